The fraction of sp³-hybridized carbons (Fsp3) is 0.750. The van der Waals surface area contributed by atoms with Crippen molar-refractivity contribution in [1.82, 2.24) is 5.32 Å². The Morgan fingerprint density at radius 3 is 2.34 bits per heavy atom. The van der Waals surface area contributed by atoms with Gasteiger partial charge in [0, 0.05) is 18.7 Å². The van der Waals surface area contributed by atoms with E-state index in [0.717, 1.165) is 51.2 Å². The van der Waals surface area contributed by atoms with Crippen LogP contribution in [0.1, 0.15) is 91.0 Å². The molecule has 3 atom stereocenters. The standard InChI is InChI=1S/C21H32O.C7H14N2O/c1-5-22-16-20(4)12-17-11-19(2,3)14-21(13-17,15-20)18-9-7-6-8-10-18;8-6-1-3-7(4-2-6)9-5-10/h6-10,17H,5,11-16H2,1-4H3;5-7H,1-4,8H2,(H,9,10)/t17?,20-,21?;/m0./s1. The normalized spacial score (nSPS) is 35.8. The Labute approximate surface area is 196 Å². The molecule has 1 aromatic rings. The first-order chi connectivity index (χ1) is 15.2. The maximum atomic E-state index is 10.0. The third-order valence-corrected chi connectivity index (χ3v) is 8.00. The van der Waals surface area contributed by atoms with Crippen LogP contribution in [-0.2, 0) is 14.9 Å². The summed E-state index contributed by atoms with van der Waals surface area (Å²) in [6.45, 7) is 11.3. The van der Waals surface area contributed by atoms with Gasteiger partial charge < -0.3 is 15.8 Å². The van der Waals surface area contributed by atoms with Gasteiger partial charge in [0.15, 0.2) is 0 Å². The number of benzene rings is 1. The summed E-state index contributed by atoms with van der Waals surface area (Å²) in [5.41, 5.74) is 8.40. The third kappa shape index (κ3) is 6.57. The van der Waals surface area contributed by atoms with E-state index >= 15 is 0 Å². The Bertz CT molecular complexity index is 713. The summed E-state index contributed by atoms with van der Waals surface area (Å²) in [6, 6.07) is 12.1. The van der Waals surface area contributed by atoms with Gasteiger partial charge in [-0.15, -0.1) is 0 Å². The molecule has 0 saturated heterocycles. The van der Waals surface area contributed by atoms with Crippen LogP contribution in [0, 0.1) is 16.7 Å². The predicted molar refractivity (Wildman–Crippen MR) is 133 cm³/mol. The molecule has 0 spiro atoms. The number of carbonyl (C=O) groups excluding carboxylic acids is 1. The molecule has 3 saturated carbocycles. The second kappa shape index (κ2) is 10.7. The van der Waals surface area contributed by atoms with Crippen LogP contribution in [0.3, 0.4) is 0 Å². The average Bonchev–Trinajstić information content (AvgIpc) is 2.73. The van der Waals surface area contributed by atoms with Crippen LogP contribution >= 0.6 is 0 Å². The number of rotatable bonds is 6. The number of nitrogens with two attached hydrogens (primary N) is 1. The molecule has 0 aliphatic heterocycles. The summed E-state index contributed by atoms with van der Waals surface area (Å²) in [5, 5.41) is 2.77. The first kappa shape index (κ1) is 25.2. The van der Waals surface area contributed by atoms with Crippen molar-refractivity contribution in [2.45, 2.75) is 103 Å². The van der Waals surface area contributed by atoms with E-state index in [1.54, 1.807) is 5.56 Å². The highest BCUT2D eigenvalue weighted by Crippen LogP contribution is 2.61. The average molecular weight is 443 g/mol. The number of hydrogen-bond donors (Lipinski definition) is 2. The van der Waals surface area contributed by atoms with E-state index in [2.05, 4.69) is 63.3 Å². The second-order valence-corrected chi connectivity index (χ2v) is 12.0. The van der Waals surface area contributed by atoms with Gasteiger partial charge in [-0.2, -0.15) is 0 Å². The van der Waals surface area contributed by atoms with Crippen molar-refractivity contribution in [3.8, 4) is 0 Å². The van der Waals surface area contributed by atoms with E-state index in [1.165, 1.54) is 32.1 Å². The molecular weight excluding hydrogens is 396 g/mol. The minimum absolute atomic E-state index is 0.339. The van der Waals surface area contributed by atoms with Crippen LogP contribution in [0.2, 0.25) is 0 Å². The Kier molecular flexibility index (Phi) is 8.43. The molecule has 1 aromatic carbocycles. The van der Waals surface area contributed by atoms with Gasteiger partial charge in [0.1, 0.15) is 0 Å². The van der Waals surface area contributed by atoms with Crippen LogP contribution in [0.25, 0.3) is 0 Å². The van der Waals surface area contributed by atoms with Gasteiger partial charge in [0.25, 0.3) is 0 Å². The SMILES string of the molecule is CCOC[C@@]1(C)CC2CC(C)(C)CC(c3ccccc3)(C2)C1.NC1CCC(NC=O)CC1. The van der Waals surface area contributed by atoms with Crippen molar-refractivity contribution in [2.24, 2.45) is 22.5 Å². The molecule has 2 unspecified atom stereocenters. The molecule has 180 valence electrons. The highest BCUT2D eigenvalue weighted by atomic mass is 16.5. The lowest BCUT2D eigenvalue weighted by Gasteiger charge is -2.57. The van der Waals surface area contributed by atoms with Gasteiger partial charge >= 0.3 is 0 Å². The van der Waals surface area contributed by atoms with Crippen molar-refractivity contribution in [1.29, 1.82) is 0 Å². The minimum Gasteiger partial charge on any atom is -0.381 e. The molecule has 1 amide bonds. The summed E-state index contributed by atoms with van der Waals surface area (Å²) in [4.78, 5) is 10.0. The molecule has 0 heterocycles. The number of fused-ring (bicyclic) bond motifs is 2. The monoisotopic (exact) mass is 442 g/mol. The third-order valence-electron chi connectivity index (χ3n) is 8.00. The van der Waals surface area contributed by atoms with E-state index < -0.39 is 0 Å². The van der Waals surface area contributed by atoms with Gasteiger partial charge in [-0.3, -0.25) is 4.79 Å². The topological polar surface area (TPSA) is 64.3 Å². The maximum absolute atomic E-state index is 10.0. The summed E-state index contributed by atoms with van der Waals surface area (Å²) in [7, 11) is 0. The van der Waals surface area contributed by atoms with Crippen molar-refractivity contribution in [3.05, 3.63) is 35.9 Å². The number of hydrogen-bond acceptors (Lipinski definition) is 3. The zero-order chi connectivity index (χ0) is 23.2. The number of amides is 1. The molecule has 0 radical (unpaired) electrons. The lowest BCUT2D eigenvalue weighted by atomic mass is 9.48. The maximum Gasteiger partial charge on any atom is 0.207 e. The number of ether oxygens (including phenoxy) is 1. The fourth-order valence-corrected chi connectivity index (χ4v) is 7.29. The smallest absolute Gasteiger partial charge is 0.207 e. The highest BCUT2D eigenvalue weighted by Gasteiger charge is 2.53. The molecule has 0 aromatic heterocycles. The van der Waals surface area contributed by atoms with Gasteiger partial charge in [-0.25, -0.2) is 0 Å². The summed E-state index contributed by atoms with van der Waals surface area (Å²) >= 11 is 0. The minimum atomic E-state index is 0.339. The fourth-order valence-electron chi connectivity index (χ4n) is 7.29. The Morgan fingerprint density at radius 1 is 1.03 bits per heavy atom. The number of nitrogens with one attached hydrogen (secondary N) is 1. The van der Waals surface area contributed by atoms with E-state index in [0.29, 0.717) is 28.3 Å². The quantitative estimate of drug-likeness (QED) is 0.565. The number of carbonyl (C=O) groups is 1. The summed E-state index contributed by atoms with van der Waals surface area (Å²) < 4.78 is 5.87. The molecular formula is C28H46N2O2. The molecule has 3 aliphatic carbocycles. The molecule has 3 N–H and O–H groups in total. The molecule has 32 heavy (non-hydrogen) atoms. The Morgan fingerprint density at radius 2 is 1.72 bits per heavy atom. The lowest BCUT2D eigenvalue weighted by Crippen LogP contribution is -2.50. The largest absolute Gasteiger partial charge is 0.381 e. The highest BCUT2D eigenvalue weighted by molar-refractivity contribution is 5.46. The van der Waals surface area contributed by atoms with Crippen LogP contribution in [-0.4, -0.2) is 31.7 Å². The zero-order valence-corrected chi connectivity index (χ0v) is 20.9. The summed E-state index contributed by atoms with van der Waals surface area (Å²) in [6.07, 6.45) is 11.7. The first-order valence-corrected chi connectivity index (χ1v) is 12.8. The Hall–Kier alpha value is -1.39. The van der Waals surface area contributed by atoms with Crippen LogP contribution < -0.4 is 11.1 Å². The van der Waals surface area contributed by atoms with Crippen molar-refractivity contribution in [2.75, 3.05) is 13.2 Å². The Balaban J connectivity index is 0.000000243. The van der Waals surface area contributed by atoms with Crippen LogP contribution in [0.4, 0.5) is 0 Å². The van der Waals surface area contributed by atoms with Crippen molar-refractivity contribution < 1.29 is 9.53 Å². The zero-order valence-electron chi connectivity index (χ0n) is 20.9. The van der Waals surface area contributed by atoms with E-state index in [-0.39, 0.29) is 0 Å². The van der Waals surface area contributed by atoms with Crippen molar-refractivity contribution >= 4 is 6.41 Å². The van der Waals surface area contributed by atoms with Gasteiger partial charge in [-0.1, -0.05) is 51.1 Å². The van der Waals surface area contributed by atoms with Crippen molar-refractivity contribution in [3.63, 3.8) is 0 Å². The van der Waals surface area contributed by atoms with E-state index in [4.69, 9.17) is 10.5 Å². The summed E-state index contributed by atoms with van der Waals surface area (Å²) in [5.74, 6) is 0.850. The molecule has 4 rings (SSSR count). The molecule has 2 bridgehead atoms. The lowest BCUT2D eigenvalue weighted by molar-refractivity contribution is -0.110. The van der Waals surface area contributed by atoms with E-state index in [1.807, 2.05) is 0 Å². The van der Waals surface area contributed by atoms with Gasteiger partial charge in [-0.05, 0) is 92.4 Å². The molecule has 4 nitrogen and oxygen atoms in total. The van der Waals surface area contributed by atoms with Crippen LogP contribution in [0.15, 0.2) is 30.3 Å². The van der Waals surface area contributed by atoms with Gasteiger partial charge in [0.2, 0.25) is 6.41 Å². The molecule has 4 heteroatoms. The first-order valence-electron chi connectivity index (χ1n) is 12.8. The molecule has 3 aliphatic rings. The van der Waals surface area contributed by atoms with Crippen LogP contribution in [0.5, 0.6) is 0 Å². The predicted octanol–water partition coefficient (Wildman–Crippen LogP) is 5.59. The van der Waals surface area contributed by atoms with Gasteiger partial charge in [0.05, 0.1) is 6.61 Å². The van der Waals surface area contributed by atoms with E-state index in [9.17, 15) is 4.79 Å². The second-order valence-electron chi connectivity index (χ2n) is 12.0. The molecule has 3 fully saturated rings.